The number of carbonyl (C=O) groups is 2. The molecule has 81 heavy (non-hydrogen) atoms. The molecule has 2 bridgehead atoms. The first-order chi connectivity index (χ1) is 39.4. The first kappa shape index (κ1) is 54.1. The van der Waals surface area contributed by atoms with Crippen LogP contribution in [0.2, 0.25) is 5.02 Å². The van der Waals surface area contributed by atoms with Crippen molar-refractivity contribution in [2.24, 2.45) is 5.92 Å². The minimum atomic E-state index is -0.427. The van der Waals surface area contributed by atoms with Crippen LogP contribution in [0.1, 0.15) is 113 Å². The van der Waals surface area contributed by atoms with E-state index in [1.807, 2.05) is 79.5 Å². The molecule has 0 spiro atoms. The summed E-state index contributed by atoms with van der Waals surface area (Å²) in [6, 6.07) is 22.5. The number of aromatic nitrogens is 8. The van der Waals surface area contributed by atoms with E-state index in [0.717, 1.165) is 126 Å². The maximum atomic E-state index is 16.0. The van der Waals surface area contributed by atoms with Crippen molar-refractivity contribution < 1.29 is 28.2 Å². The standard InChI is InChI=1S/C48H55FN10O4.C14H13ClN2O/c1-26(2)44(47(60)57-15-5-6-27(57)3)59-24-40(55-56-59)31-9-7-29(8-10-31)25-62-45-42(41-28(4)38(49)20-39-37(41)22-51-54-39)35(30-11-12-30)19-36-43(45)52-48(63-34-13-16-61-17-14-34)53-46(36)58-23-32-18-33(58)21-50-32;1-10(17-9-18)11-2-4-12(5-3-11)13-6-7-16-8-14(13)15/h7-10,19-20,22,24,26-27,30,32-34,44,50H,5-6,11-18,21,23,25H2,1-4H3,(H,51,54);2-10H,1H3,(H,17,18). The normalized spacial score (nSPS) is 19.7. The van der Waals surface area contributed by atoms with E-state index < -0.39 is 6.04 Å². The number of hydrogen-bond acceptors (Lipinski definition) is 13. The quantitative estimate of drug-likeness (QED) is 0.0776. The lowest BCUT2D eigenvalue weighted by molar-refractivity contribution is -0.137. The highest BCUT2D eigenvalue weighted by molar-refractivity contribution is 6.33. The molecule has 19 heteroatoms. The number of pyridine rings is 1. The monoisotopic (exact) mass is 1110 g/mol. The average Bonchev–Trinajstić information content (AvgIpc) is 4.22. The molecule has 3 N–H and O–H groups in total. The van der Waals surface area contributed by atoms with Crippen LogP contribution in [0.4, 0.5) is 10.2 Å². The van der Waals surface area contributed by atoms with Gasteiger partial charge in [-0.1, -0.05) is 79.2 Å². The minimum Gasteiger partial charge on any atom is -0.486 e. The zero-order valence-corrected chi connectivity index (χ0v) is 47.1. The Morgan fingerprint density at radius 2 is 1.75 bits per heavy atom. The van der Waals surface area contributed by atoms with Crippen molar-refractivity contribution in [2.75, 3.05) is 37.7 Å². The van der Waals surface area contributed by atoms with Crippen LogP contribution in [0.3, 0.4) is 0 Å². The fourth-order valence-corrected chi connectivity index (χ4v) is 12.4. The molecule has 2 amide bonds. The Morgan fingerprint density at radius 3 is 2.44 bits per heavy atom. The van der Waals surface area contributed by atoms with E-state index in [4.69, 9.17) is 35.8 Å². The lowest BCUT2D eigenvalue weighted by Crippen LogP contribution is -2.44. The molecule has 5 atom stereocenters. The number of amides is 2. The van der Waals surface area contributed by atoms with Crippen LogP contribution >= 0.6 is 11.6 Å². The molecule has 420 valence electrons. The second-order valence-electron chi connectivity index (χ2n) is 22.7. The highest BCUT2D eigenvalue weighted by Gasteiger charge is 2.41. The van der Waals surface area contributed by atoms with Gasteiger partial charge in [0.25, 0.3) is 0 Å². The molecular formula is C62H68ClFN12O5. The molecule has 4 aromatic carbocycles. The number of likely N-dealkylation sites (tertiary alicyclic amines) is 1. The van der Waals surface area contributed by atoms with Crippen LogP contribution in [-0.4, -0.2) is 114 Å². The fourth-order valence-electron chi connectivity index (χ4n) is 12.2. The second kappa shape index (κ2) is 23.1. The molecule has 4 saturated heterocycles. The number of ether oxygens (including phenoxy) is 3. The Labute approximate surface area is 475 Å². The molecule has 5 aliphatic rings. The van der Waals surface area contributed by atoms with Crippen molar-refractivity contribution in [3.05, 3.63) is 125 Å². The van der Waals surface area contributed by atoms with Gasteiger partial charge in [-0.05, 0) is 111 Å². The summed E-state index contributed by atoms with van der Waals surface area (Å²) in [5.74, 6) is 1.54. The van der Waals surface area contributed by atoms with Gasteiger partial charge in [-0.2, -0.15) is 15.1 Å². The van der Waals surface area contributed by atoms with Gasteiger partial charge in [-0.25, -0.2) is 9.07 Å². The highest BCUT2D eigenvalue weighted by atomic mass is 35.5. The number of nitrogens with one attached hydrogen (secondary N) is 3. The summed E-state index contributed by atoms with van der Waals surface area (Å²) < 4.78 is 37.1. The largest absolute Gasteiger partial charge is 0.486 e. The number of carbonyl (C=O) groups excluding carboxylic acids is 2. The summed E-state index contributed by atoms with van der Waals surface area (Å²) in [4.78, 5) is 42.9. The maximum absolute atomic E-state index is 16.0. The Morgan fingerprint density at radius 1 is 0.963 bits per heavy atom. The van der Waals surface area contributed by atoms with Crippen molar-refractivity contribution in [2.45, 2.75) is 128 Å². The van der Waals surface area contributed by atoms with Crippen LogP contribution in [0.5, 0.6) is 11.8 Å². The van der Waals surface area contributed by atoms with E-state index in [2.05, 4.69) is 67.9 Å². The number of piperazine rings is 1. The van der Waals surface area contributed by atoms with Gasteiger partial charge in [0.2, 0.25) is 12.3 Å². The molecule has 17 nitrogen and oxygen atoms in total. The lowest BCUT2D eigenvalue weighted by atomic mass is 9.88. The van der Waals surface area contributed by atoms with Crippen LogP contribution in [0, 0.1) is 18.7 Å². The number of fused-ring (bicyclic) bond motifs is 4. The van der Waals surface area contributed by atoms with Gasteiger partial charge in [0.05, 0.1) is 42.2 Å². The third-order valence-electron chi connectivity index (χ3n) is 16.9. The fraction of sp³-hybridized carbons (Fsp3) is 0.419. The number of hydrogen-bond donors (Lipinski definition) is 3. The third kappa shape index (κ3) is 11.0. The van der Waals surface area contributed by atoms with Crippen LogP contribution in [0.25, 0.3) is 55.3 Å². The number of anilines is 1. The molecule has 1 aliphatic carbocycles. The van der Waals surface area contributed by atoms with Gasteiger partial charge >= 0.3 is 6.01 Å². The molecule has 8 aromatic rings. The van der Waals surface area contributed by atoms with Gasteiger partial charge in [-0.15, -0.1) is 5.10 Å². The van der Waals surface area contributed by atoms with Crippen molar-refractivity contribution in [1.82, 2.24) is 55.7 Å². The van der Waals surface area contributed by atoms with Crippen LogP contribution in [0.15, 0.2) is 91.5 Å². The third-order valence-corrected chi connectivity index (χ3v) is 17.2. The van der Waals surface area contributed by atoms with Crippen molar-refractivity contribution in [1.29, 1.82) is 0 Å². The summed E-state index contributed by atoms with van der Waals surface area (Å²) in [7, 11) is 0. The molecule has 4 aromatic heterocycles. The average molecular weight is 1120 g/mol. The Balaban J connectivity index is 0.000000308. The molecular weight excluding hydrogens is 1050 g/mol. The van der Waals surface area contributed by atoms with Crippen LogP contribution < -0.4 is 25.0 Å². The second-order valence-corrected chi connectivity index (χ2v) is 23.1. The molecule has 1 saturated carbocycles. The number of H-pyrrole nitrogens is 1. The molecule has 4 aliphatic heterocycles. The minimum absolute atomic E-state index is 0.00413. The summed E-state index contributed by atoms with van der Waals surface area (Å²) >= 11 is 6.09. The summed E-state index contributed by atoms with van der Waals surface area (Å²) in [5, 5.41) is 25.1. The summed E-state index contributed by atoms with van der Waals surface area (Å²) in [6.07, 6.45) is 14.3. The zero-order chi connectivity index (χ0) is 55.9. The SMILES string of the molecule is CC(NC=O)c1ccc(-c2ccncc2Cl)cc1.Cc1c(F)cc2[nH]ncc2c1-c1c(C2CC2)cc2c(N3CC4CC3CN4)nc(OC3CCOCC3)nc2c1OCc1ccc(-c2cn(C(C(=O)N3CCCC3C)C(C)C)nn2)cc1. The predicted octanol–water partition coefficient (Wildman–Crippen LogP) is 10.9. The number of halogens is 2. The summed E-state index contributed by atoms with van der Waals surface area (Å²) in [5.41, 5.74) is 10.0. The van der Waals surface area contributed by atoms with E-state index >= 15 is 4.39 Å². The highest BCUT2D eigenvalue weighted by Crippen LogP contribution is 2.53. The van der Waals surface area contributed by atoms with E-state index in [0.29, 0.717) is 70.8 Å². The lowest BCUT2D eigenvalue weighted by Gasteiger charge is -2.31. The van der Waals surface area contributed by atoms with Crippen molar-refractivity contribution in [3.63, 3.8) is 0 Å². The molecule has 0 radical (unpaired) electrons. The number of rotatable bonds is 16. The van der Waals surface area contributed by atoms with Gasteiger partial charge < -0.3 is 34.6 Å². The van der Waals surface area contributed by atoms with E-state index in [1.165, 1.54) is 6.07 Å². The number of benzene rings is 4. The first-order valence-electron chi connectivity index (χ1n) is 28.5. The van der Waals surface area contributed by atoms with Gasteiger partial charge in [0.1, 0.15) is 41.6 Å². The smallest absolute Gasteiger partial charge is 0.319 e. The molecule has 8 heterocycles. The molecule has 5 unspecified atom stereocenters. The van der Waals surface area contributed by atoms with Gasteiger partial charge in [0.15, 0.2) is 5.75 Å². The first-order valence-corrected chi connectivity index (χ1v) is 28.9. The van der Waals surface area contributed by atoms with Crippen LogP contribution in [-0.2, 0) is 20.9 Å². The van der Waals surface area contributed by atoms with E-state index in [-0.39, 0.29) is 48.4 Å². The number of nitrogens with zero attached hydrogens (tertiary/aromatic N) is 9. The van der Waals surface area contributed by atoms with E-state index in [9.17, 15) is 9.59 Å². The topological polar surface area (TPSA) is 190 Å². The Bertz CT molecular complexity index is 3580. The van der Waals surface area contributed by atoms with E-state index in [1.54, 1.807) is 23.3 Å². The zero-order valence-electron chi connectivity index (χ0n) is 46.4. The number of aromatic amines is 1. The van der Waals surface area contributed by atoms with Crippen molar-refractivity contribution in [3.8, 4) is 45.3 Å². The van der Waals surface area contributed by atoms with Gasteiger partial charge in [0, 0.05) is 96.0 Å². The molecule has 5 fully saturated rings. The summed E-state index contributed by atoms with van der Waals surface area (Å²) in [6.45, 7) is 14.0. The molecule has 13 rings (SSSR count). The predicted molar refractivity (Wildman–Crippen MR) is 310 cm³/mol. The Kier molecular flexibility index (Phi) is 15.4. The maximum Gasteiger partial charge on any atom is 0.319 e. The van der Waals surface area contributed by atoms with Gasteiger partial charge in [-0.3, -0.25) is 19.7 Å². The Hall–Kier alpha value is -7.54. The van der Waals surface area contributed by atoms with Crippen molar-refractivity contribution >= 4 is 51.5 Å².